The minimum Gasteiger partial charge on any atom is -0.341 e. The van der Waals surface area contributed by atoms with Gasteiger partial charge < -0.3 is 10.2 Å². The van der Waals surface area contributed by atoms with Crippen LogP contribution in [0.4, 0.5) is 8.78 Å². The molecule has 1 fully saturated rings. The summed E-state index contributed by atoms with van der Waals surface area (Å²) in [5.74, 6) is -1.97. The van der Waals surface area contributed by atoms with Crippen molar-refractivity contribution in [2.75, 3.05) is 26.2 Å². The molecule has 98 valence electrons. The van der Waals surface area contributed by atoms with Gasteiger partial charge >= 0.3 is 0 Å². The lowest BCUT2D eigenvalue weighted by Crippen LogP contribution is -2.35. The third-order valence-corrected chi connectivity index (χ3v) is 3.07. The molecule has 1 aliphatic heterocycles. The number of nitrogens with zero attached hydrogens (tertiary/aromatic N) is 1. The molecule has 1 aliphatic rings. The largest absolute Gasteiger partial charge is 0.341 e. The lowest BCUT2D eigenvalue weighted by Gasteiger charge is -2.20. The first-order valence-electron chi connectivity index (χ1n) is 6.10. The summed E-state index contributed by atoms with van der Waals surface area (Å²) in [6, 6.07) is 3.93. The van der Waals surface area contributed by atoms with Crippen LogP contribution in [0.15, 0.2) is 18.2 Å². The molecule has 0 atom stereocenters. The van der Waals surface area contributed by atoms with E-state index in [2.05, 4.69) is 5.32 Å². The number of halogens is 2. The van der Waals surface area contributed by atoms with Crippen LogP contribution in [0.2, 0.25) is 0 Å². The molecule has 0 aromatic heterocycles. The maximum atomic E-state index is 13.5. The monoisotopic (exact) mass is 254 g/mol. The topological polar surface area (TPSA) is 32.3 Å². The minimum absolute atomic E-state index is 0.0798. The number of nitrogens with one attached hydrogen (secondary N) is 1. The van der Waals surface area contributed by atoms with Crippen LogP contribution >= 0.6 is 0 Å². The van der Waals surface area contributed by atoms with Crippen LogP contribution in [-0.2, 0) is 11.2 Å². The molecule has 1 aromatic carbocycles. The maximum absolute atomic E-state index is 13.5. The second-order valence-corrected chi connectivity index (χ2v) is 4.37. The van der Waals surface area contributed by atoms with Gasteiger partial charge in [-0.3, -0.25) is 4.79 Å². The summed E-state index contributed by atoms with van der Waals surface area (Å²) in [5.41, 5.74) is 0.122. The summed E-state index contributed by atoms with van der Waals surface area (Å²) >= 11 is 0. The first-order chi connectivity index (χ1) is 8.68. The van der Waals surface area contributed by atoms with Gasteiger partial charge in [-0.2, -0.15) is 0 Å². The Bertz CT molecular complexity index is 429. The van der Waals surface area contributed by atoms with E-state index in [0.717, 1.165) is 25.6 Å². The predicted octanol–water partition coefficient (Wildman–Crippen LogP) is 1.33. The van der Waals surface area contributed by atoms with Gasteiger partial charge in [-0.15, -0.1) is 0 Å². The zero-order chi connectivity index (χ0) is 13.0. The smallest absolute Gasteiger partial charge is 0.227 e. The molecule has 0 unspecified atom stereocenters. The first-order valence-corrected chi connectivity index (χ1v) is 6.10. The van der Waals surface area contributed by atoms with E-state index in [0.29, 0.717) is 13.1 Å². The minimum atomic E-state index is -0.918. The van der Waals surface area contributed by atoms with E-state index >= 15 is 0 Å². The van der Waals surface area contributed by atoms with Gasteiger partial charge in [-0.25, -0.2) is 8.78 Å². The Kier molecular flexibility index (Phi) is 4.25. The third kappa shape index (κ3) is 3.04. The van der Waals surface area contributed by atoms with Crippen molar-refractivity contribution in [3.05, 3.63) is 35.4 Å². The molecule has 2 rings (SSSR count). The van der Waals surface area contributed by atoms with Crippen molar-refractivity contribution in [3.63, 3.8) is 0 Å². The van der Waals surface area contributed by atoms with Crippen molar-refractivity contribution in [2.45, 2.75) is 12.8 Å². The van der Waals surface area contributed by atoms with Crippen LogP contribution in [0.3, 0.4) is 0 Å². The Morgan fingerprint density at radius 2 is 2.11 bits per heavy atom. The van der Waals surface area contributed by atoms with Crippen molar-refractivity contribution in [1.82, 2.24) is 10.2 Å². The second kappa shape index (κ2) is 5.91. The van der Waals surface area contributed by atoms with E-state index in [4.69, 9.17) is 0 Å². The van der Waals surface area contributed by atoms with Gasteiger partial charge in [0.2, 0.25) is 5.91 Å². The predicted molar refractivity (Wildman–Crippen MR) is 64.1 cm³/mol. The van der Waals surface area contributed by atoms with Gasteiger partial charge in [0.05, 0.1) is 6.42 Å². The molecule has 1 amide bonds. The highest BCUT2D eigenvalue weighted by Crippen LogP contribution is 2.13. The SMILES string of the molecule is O=C(Cc1cccc(F)c1F)N1CCCNCC1. The second-order valence-electron chi connectivity index (χ2n) is 4.37. The van der Waals surface area contributed by atoms with Gasteiger partial charge in [0.15, 0.2) is 11.6 Å². The summed E-state index contributed by atoms with van der Waals surface area (Å²) in [6.45, 7) is 2.92. The van der Waals surface area contributed by atoms with E-state index in [-0.39, 0.29) is 17.9 Å². The Labute approximate surface area is 105 Å². The zero-order valence-corrected chi connectivity index (χ0v) is 10.1. The number of hydrogen-bond acceptors (Lipinski definition) is 2. The van der Waals surface area contributed by atoms with Gasteiger partial charge in [0, 0.05) is 25.2 Å². The van der Waals surface area contributed by atoms with Gasteiger partial charge in [-0.05, 0) is 19.0 Å². The Morgan fingerprint density at radius 3 is 2.94 bits per heavy atom. The lowest BCUT2D eigenvalue weighted by atomic mass is 10.1. The molecular weight excluding hydrogens is 238 g/mol. The number of benzene rings is 1. The van der Waals surface area contributed by atoms with Crippen molar-refractivity contribution >= 4 is 5.91 Å². The van der Waals surface area contributed by atoms with E-state index in [9.17, 15) is 13.6 Å². The molecule has 1 heterocycles. The molecule has 3 nitrogen and oxygen atoms in total. The summed E-state index contributed by atoms with van der Waals surface area (Å²) < 4.78 is 26.5. The van der Waals surface area contributed by atoms with E-state index in [1.807, 2.05) is 0 Å². The van der Waals surface area contributed by atoms with Crippen molar-refractivity contribution in [3.8, 4) is 0 Å². The number of carbonyl (C=O) groups is 1. The van der Waals surface area contributed by atoms with E-state index in [1.54, 1.807) is 4.90 Å². The fourth-order valence-corrected chi connectivity index (χ4v) is 2.05. The lowest BCUT2D eigenvalue weighted by molar-refractivity contribution is -0.130. The molecule has 0 aliphatic carbocycles. The van der Waals surface area contributed by atoms with Crippen LogP contribution in [0.5, 0.6) is 0 Å². The average Bonchev–Trinajstić information content (AvgIpc) is 2.63. The fraction of sp³-hybridized carbons (Fsp3) is 0.462. The summed E-state index contributed by atoms with van der Waals surface area (Å²) in [6.07, 6.45) is 0.807. The van der Waals surface area contributed by atoms with E-state index < -0.39 is 11.6 Å². The third-order valence-electron chi connectivity index (χ3n) is 3.07. The summed E-state index contributed by atoms with van der Waals surface area (Å²) in [4.78, 5) is 13.7. The van der Waals surface area contributed by atoms with Crippen LogP contribution in [0.25, 0.3) is 0 Å². The molecule has 0 spiro atoms. The Balaban J connectivity index is 2.03. The van der Waals surface area contributed by atoms with Crippen LogP contribution < -0.4 is 5.32 Å². The highest BCUT2D eigenvalue weighted by molar-refractivity contribution is 5.78. The molecule has 18 heavy (non-hydrogen) atoms. The zero-order valence-electron chi connectivity index (χ0n) is 10.1. The van der Waals surface area contributed by atoms with Crippen LogP contribution in [0, 0.1) is 11.6 Å². The number of carbonyl (C=O) groups excluding carboxylic acids is 1. The van der Waals surface area contributed by atoms with Gasteiger partial charge in [-0.1, -0.05) is 12.1 Å². The standard InChI is InChI=1S/C13H16F2N2O/c14-11-4-1-3-10(13(11)15)9-12(18)17-7-2-5-16-6-8-17/h1,3-4,16H,2,5-9H2. The quantitative estimate of drug-likeness (QED) is 0.863. The number of amides is 1. The fourth-order valence-electron chi connectivity index (χ4n) is 2.05. The van der Waals surface area contributed by atoms with E-state index in [1.165, 1.54) is 12.1 Å². The summed E-state index contributed by atoms with van der Waals surface area (Å²) in [7, 11) is 0. The number of rotatable bonds is 2. The Morgan fingerprint density at radius 1 is 1.28 bits per heavy atom. The number of hydrogen-bond donors (Lipinski definition) is 1. The van der Waals surface area contributed by atoms with Crippen LogP contribution in [0.1, 0.15) is 12.0 Å². The molecule has 0 radical (unpaired) electrons. The maximum Gasteiger partial charge on any atom is 0.227 e. The molecule has 1 N–H and O–H groups in total. The Hall–Kier alpha value is -1.49. The molecule has 1 aromatic rings. The molecule has 1 saturated heterocycles. The highest BCUT2D eigenvalue weighted by atomic mass is 19.2. The normalized spacial score (nSPS) is 16.4. The molecule has 0 bridgehead atoms. The van der Waals surface area contributed by atoms with Gasteiger partial charge in [0.25, 0.3) is 0 Å². The average molecular weight is 254 g/mol. The van der Waals surface area contributed by atoms with Crippen molar-refractivity contribution in [2.24, 2.45) is 0 Å². The molecule has 5 heteroatoms. The van der Waals surface area contributed by atoms with Crippen molar-refractivity contribution < 1.29 is 13.6 Å². The van der Waals surface area contributed by atoms with Gasteiger partial charge in [0.1, 0.15) is 0 Å². The summed E-state index contributed by atoms with van der Waals surface area (Å²) in [5, 5.41) is 3.19. The van der Waals surface area contributed by atoms with Crippen LogP contribution in [-0.4, -0.2) is 37.0 Å². The molecular formula is C13H16F2N2O. The highest BCUT2D eigenvalue weighted by Gasteiger charge is 2.18. The molecule has 0 saturated carbocycles. The van der Waals surface area contributed by atoms with Crippen molar-refractivity contribution in [1.29, 1.82) is 0 Å². The first kappa shape index (κ1) is 13.0.